The van der Waals surface area contributed by atoms with Crippen LogP contribution >= 0.6 is 15.9 Å². The van der Waals surface area contributed by atoms with Gasteiger partial charge >= 0.3 is 5.97 Å². The van der Waals surface area contributed by atoms with Crippen molar-refractivity contribution in [3.63, 3.8) is 0 Å². The highest BCUT2D eigenvalue weighted by atomic mass is 79.9. The van der Waals surface area contributed by atoms with Gasteiger partial charge in [0.05, 0.1) is 5.92 Å². The summed E-state index contributed by atoms with van der Waals surface area (Å²) in [4.78, 5) is 29.4. The molecule has 0 radical (unpaired) electrons. The molecule has 0 aromatic carbocycles. The normalized spacial score (nSPS) is 25.8. The van der Waals surface area contributed by atoms with Crippen LogP contribution in [0.2, 0.25) is 0 Å². The number of nitrogens with zero attached hydrogens (tertiary/aromatic N) is 2. The fourth-order valence-corrected chi connectivity index (χ4v) is 3.16. The van der Waals surface area contributed by atoms with Gasteiger partial charge in [-0.15, -0.1) is 0 Å². The van der Waals surface area contributed by atoms with Gasteiger partial charge in [0.25, 0.3) is 5.91 Å². The molecular formula is C14H15BrN2O3. The molecule has 1 saturated carbocycles. The van der Waals surface area contributed by atoms with E-state index in [0.29, 0.717) is 24.7 Å². The van der Waals surface area contributed by atoms with Crippen molar-refractivity contribution in [1.29, 1.82) is 0 Å². The topological polar surface area (TPSA) is 70.5 Å². The molecule has 2 aliphatic rings. The highest BCUT2D eigenvalue weighted by molar-refractivity contribution is 9.10. The molecule has 1 aromatic rings. The first kappa shape index (κ1) is 13.5. The number of rotatable bonds is 3. The van der Waals surface area contributed by atoms with Crippen molar-refractivity contribution in [2.45, 2.75) is 12.8 Å². The molecule has 0 spiro atoms. The van der Waals surface area contributed by atoms with Crippen LogP contribution < -0.4 is 0 Å². The quantitative estimate of drug-likeness (QED) is 0.915. The molecule has 2 fully saturated rings. The van der Waals surface area contributed by atoms with Gasteiger partial charge in [0.15, 0.2) is 0 Å². The van der Waals surface area contributed by atoms with E-state index in [1.807, 2.05) is 0 Å². The summed E-state index contributed by atoms with van der Waals surface area (Å²) >= 11 is 3.28. The van der Waals surface area contributed by atoms with Gasteiger partial charge in [0.1, 0.15) is 5.69 Å². The Kier molecular flexibility index (Phi) is 3.50. The average Bonchev–Trinajstić information content (AvgIpc) is 3.17. The van der Waals surface area contributed by atoms with Crippen LogP contribution in [0.3, 0.4) is 0 Å². The van der Waals surface area contributed by atoms with Crippen LogP contribution in [0, 0.1) is 17.8 Å². The fraction of sp³-hybridized carbons (Fsp3) is 0.500. The minimum Gasteiger partial charge on any atom is -0.481 e. The molecule has 1 aliphatic heterocycles. The Morgan fingerprint density at radius 1 is 1.30 bits per heavy atom. The van der Waals surface area contributed by atoms with Gasteiger partial charge in [-0.3, -0.25) is 9.59 Å². The van der Waals surface area contributed by atoms with E-state index in [2.05, 4.69) is 20.9 Å². The zero-order chi connectivity index (χ0) is 14.3. The van der Waals surface area contributed by atoms with Crippen LogP contribution in [0.1, 0.15) is 23.3 Å². The van der Waals surface area contributed by atoms with Crippen LogP contribution in [-0.4, -0.2) is 40.0 Å². The molecule has 20 heavy (non-hydrogen) atoms. The third-order valence-corrected chi connectivity index (χ3v) is 4.61. The number of carboxylic acids is 1. The first-order chi connectivity index (χ1) is 9.56. The minimum atomic E-state index is -0.791. The SMILES string of the molecule is O=C(O)[C@H]1CN(C(=O)c2ccc(Br)cn2)C[C@@H]1C1CC1. The van der Waals surface area contributed by atoms with E-state index < -0.39 is 11.9 Å². The number of pyridine rings is 1. The molecule has 106 valence electrons. The standard InChI is InChI=1S/C14H15BrN2O3/c15-9-3-4-12(16-5-9)13(18)17-6-10(8-1-2-8)11(7-17)14(19)20/h3-5,8,10-11H,1-2,6-7H2,(H,19,20)/t10-,11+/m1/s1. The number of carboxylic acid groups (broad SMARTS) is 1. The van der Waals surface area contributed by atoms with Crippen molar-refractivity contribution in [2.24, 2.45) is 17.8 Å². The van der Waals surface area contributed by atoms with Gasteiger partial charge in [-0.2, -0.15) is 0 Å². The van der Waals surface area contributed by atoms with E-state index in [-0.39, 0.29) is 11.8 Å². The largest absolute Gasteiger partial charge is 0.481 e. The molecule has 1 aliphatic carbocycles. The number of carbonyl (C=O) groups is 2. The van der Waals surface area contributed by atoms with Crippen LogP contribution in [-0.2, 0) is 4.79 Å². The Bertz CT molecular complexity index is 542. The van der Waals surface area contributed by atoms with Crippen molar-refractivity contribution in [3.05, 3.63) is 28.5 Å². The maximum Gasteiger partial charge on any atom is 0.308 e. The summed E-state index contributed by atoms with van der Waals surface area (Å²) in [6.45, 7) is 0.839. The first-order valence-electron chi connectivity index (χ1n) is 6.70. The van der Waals surface area contributed by atoms with Crippen LogP contribution in [0.15, 0.2) is 22.8 Å². The summed E-state index contributed by atoms with van der Waals surface area (Å²) in [5.41, 5.74) is 0.369. The first-order valence-corrected chi connectivity index (χ1v) is 7.49. The number of hydrogen-bond donors (Lipinski definition) is 1. The predicted molar refractivity (Wildman–Crippen MR) is 75.2 cm³/mol. The highest BCUT2D eigenvalue weighted by Gasteiger charge is 2.47. The lowest BCUT2D eigenvalue weighted by molar-refractivity contribution is -0.142. The fourth-order valence-electron chi connectivity index (χ4n) is 2.92. The second kappa shape index (κ2) is 5.16. The maximum atomic E-state index is 12.4. The smallest absolute Gasteiger partial charge is 0.308 e. The third kappa shape index (κ3) is 2.57. The van der Waals surface area contributed by atoms with E-state index in [0.717, 1.165) is 17.3 Å². The van der Waals surface area contributed by atoms with Crippen LogP contribution in [0.4, 0.5) is 0 Å². The van der Waals surface area contributed by atoms with Crippen molar-refractivity contribution >= 4 is 27.8 Å². The molecule has 0 unspecified atom stereocenters. The molecule has 3 rings (SSSR count). The highest BCUT2D eigenvalue weighted by Crippen LogP contribution is 2.44. The summed E-state index contributed by atoms with van der Waals surface area (Å²) in [6.07, 6.45) is 3.76. The molecular weight excluding hydrogens is 324 g/mol. The molecule has 1 amide bonds. The lowest BCUT2D eigenvalue weighted by Gasteiger charge is -2.15. The second-order valence-corrected chi connectivity index (χ2v) is 6.43. The zero-order valence-corrected chi connectivity index (χ0v) is 12.4. The number of carbonyl (C=O) groups excluding carboxylic acids is 1. The second-order valence-electron chi connectivity index (χ2n) is 5.52. The number of aliphatic carboxylic acids is 1. The van der Waals surface area contributed by atoms with Gasteiger partial charge in [0, 0.05) is 23.8 Å². The average molecular weight is 339 g/mol. The van der Waals surface area contributed by atoms with Crippen molar-refractivity contribution < 1.29 is 14.7 Å². The minimum absolute atomic E-state index is 0.104. The maximum absolute atomic E-state index is 12.4. The van der Waals surface area contributed by atoms with Gasteiger partial charge in [-0.05, 0) is 52.7 Å². The van der Waals surface area contributed by atoms with Gasteiger partial charge in [0.2, 0.25) is 0 Å². The lowest BCUT2D eigenvalue weighted by Crippen LogP contribution is -2.30. The summed E-state index contributed by atoms with van der Waals surface area (Å²) in [7, 11) is 0. The third-order valence-electron chi connectivity index (χ3n) is 4.14. The van der Waals surface area contributed by atoms with E-state index in [9.17, 15) is 14.7 Å². The van der Waals surface area contributed by atoms with Crippen LogP contribution in [0.25, 0.3) is 0 Å². The van der Waals surface area contributed by atoms with E-state index in [4.69, 9.17) is 0 Å². The molecule has 2 heterocycles. The Labute approximate surface area is 125 Å². The Balaban J connectivity index is 1.76. The van der Waals surface area contributed by atoms with Crippen LogP contribution in [0.5, 0.6) is 0 Å². The monoisotopic (exact) mass is 338 g/mol. The number of amides is 1. The van der Waals surface area contributed by atoms with Gasteiger partial charge < -0.3 is 10.0 Å². The summed E-state index contributed by atoms with van der Waals surface area (Å²) in [5, 5.41) is 9.31. The van der Waals surface area contributed by atoms with E-state index in [1.54, 1.807) is 23.2 Å². The molecule has 1 N–H and O–H groups in total. The lowest BCUT2D eigenvalue weighted by atomic mass is 9.92. The summed E-state index contributed by atoms with van der Waals surface area (Å²) in [6, 6.07) is 3.43. The van der Waals surface area contributed by atoms with Crippen molar-refractivity contribution in [2.75, 3.05) is 13.1 Å². The van der Waals surface area contributed by atoms with E-state index in [1.165, 1.54) is 0 Å². The summed E-state index contributed by atoms with van der Waals surface area (Å²) < 4.78 is 0.815. The zero-order valence-electron chi connectivity index (χ0n) is 10.8. The number of halogens is 1. The summed E-state index contributed by atoms with van der Waals surface area (Å²) in [5.74, 6) is -0.812. The van der Waals surface area contributed by atoms with Crippen molar-refractivity contribution in [1.82, 2.24) is 9.88 Å². The van der Waals surface area contributed by atoms with E-state index >= 15 is 0 Å². The molecule has 1 saturated heterocycles. The molecule has 5 nitrogen and oxygen atoms in total. The Morgan fingerprint density at radius 2 is 2.05 bits per heavy atom. The molecule has 1 aromatic heterocycles. The number of hydrogen-bond acceptors (Lipinski definition) is 3. The molecule has 2 atom stereocenters. The predicted octanol–water partition coefficient (Wildman–Crippen LogP) is 2.03. The Hall–Kier alpha value is -1.43. The van der Waals surface area contributed by atoms with Gasteiger partial charge in [-0.25, -0.2) is 4.98 Å². The molecule has 6 heteroatoms. The Morgan fingerprint density at radius 3 is 2.60 bits per heavy atom. The molecule has 0 bridgehead atoms. The van der Waals surface area contributed by atoms with Crippen molar-refractivity contribution in [3.8, 4) is 0 Å². The van der Waals surface area contributed by atoms with Gasteiger partial charge in [-0.1, -0.05) is 0 Å². The number of aromatic nitrogens is 1. The number of likely N-dealkylation sites (tertiary alicyclic amines) is 1.